The molecule has 0 radical (unpaired) electrons. The third kappa shape index (κ3) is 5.52. The van der Waals surface area contributed by atoms with Crippen molar-refractivity contribution in [2.24, 2.45) is 7.05 Å². The average Bonchev–Trinajstić information content (AvgIpc) is 3.63. The van der Waals surface area contributed by atoms with E-state index < -0.39 is 11.9 Å². The van der Waals surface area contributed by atoms with Gasteiger partial charge >= 0.3 is 6.18 Å². The van der Waals surface area contributed by atoms with Crippen molar-refractivity contribution in [3.63, 3.8) is 0 Å². The predicted octanol–water partition coefficient (Wildman–Crippen LogP) is 6.14. The maximum Gasteiger partial charge on any atom is 0.434 e. The zero-order chi connectivity index (χ0) is 29.4. The largest absolute Gasteiger partial charge is 0.480 e. The van der Waals surface area contributed by atoms with Crippen molar-refractivity contribution in [3.05, 3.63) is 66.0 Å². The summed E-state index contributed by atoms with van der Waals surface area (Å²) in [5.74, 6) is 2.71. The van der Waals surface area contributed by atoms with Gasteiger partial charge in [-0.3, -0.25) is 0 Å². The fraction of sp³-hybridized carbons (Fsp3) is 0.345. The molecular formula is C29H28F3N7O2S. The number of imidazole rings is 1. The summed E-state index contributed by atoms with van der Waals surface area (Å²) < 4.78 is 54.7. The Morgan fingerprint density at radius 2 is 1.81 bits per heavy atom. The molecule has 1 saturated carbocycles. The number of halogens is 3. The van der Waals surface area contributed by atoms with Crippen LogP contribution in [0.2, 0.25) is 0 Å². The summed E-state index contributed by atoms with van der Waals surface area (Å²) in [5.41, 5.74) is 3.51. The van der Waals surface area contributed by atoms with E-state index in [4.69, 9.17) is 19.4 Å². The van der Waals surface area contributed by atoms with Gasteiger partial charge in [-0.05, 0) is 30.7 Å². The average molecular weight is 596 g/mol. The maximum absolute atomic E-state index is 13.1. The first-order chi connectivity index (χ1) is 20.3. The smallest absolute Gasteiger partial charge is 0.434 e. The number of methoxy groups -OCH3 is 1. The molecule has 0 atom stereocenters. The van der Waals surface area contributed by atoms with Crippen LogP contribution in [0, 0.1) is 0 Å². The van der Waals surface area contributed by atoms with E-state index in [1.807, 2.05) is 24.4 Å². The molecule has 0 unspecified atom stereocenters. The SMILES string of the molecule is COc1ncnc(C2CC2)c1-c1nc(OCc2ccc(-c3nc(C(F)(F)F)cn3C)cc2)c2c(ccn2CCSC)n1. The molecule has 9 nitrogen and oxygen atoms in total. The van der Waals surface area contributed by atoms with Gasteiger partial charge in [-0.2, -0.15) is 29.9 Å². The molecule has 0 bridgehead atoms. The van der Waals surface area contributed by atoms with Crippen LogP contribution in [0.3, 0.4) is 0 Å². The Bertz CT molecular complexity index is 1730. The van der Waals surface area contributed by atoms with E-state index in [9.17, 15) is 13.2 Å². The van der Waals surface area contributed by atoms with Crippen LogP contribution in [0.5, 0.6) is 11.8 Å². The second-order valence-electron chi connectivity index (χ2n) is 10.0. The highest BCUT2D eigenvalue weighted by atomic mass is 32.2. The lowest BCUT2D eigenvalue weighted by molar-refractivity contribution is -0.140. The number of ether oxygens (including phenoxy) is 2. The highest BCUT2D eigenvalue weighted by Crippen LogP contribution is 2.45. The molecule has 218 valence electrons. The third-order valence-corrected chi connectivity index (χ3v) is 7.68. The number of rotatable bonds is 10. The van der Waals surface area contributed by atoms with Gasteiger partial charge in [0.1, 0.15) is 29.8 Å². The zero-order valence-corrected chi connectivity index (χ0v) is 24.0. The highest BCUT2D eigenvalue weighted by Gasteiger charge is 2.35. The van der Waals surface area contributed by atoms with Crippen LogP contribution < -0.4 is 9.47 Å². The molecular weight excluding hydrogens is 567 g/mol. The minimum atomic E-state index is -4.51. The molecule has 0 N–H and O–H groups in total. The summed E-state index contributed by atoms with van der Waals surface area (Å²) in [4.78, 5) is 22.4. The number of thioether (sulfide) groups is 1. The Morgan fingerprint density at radius 3 is 2.48 bits per heavy atom. The third-order valence-electron chi connectivity index (χ3n) is 7.09. The molecule has 0 amide bonds. The van der Waals surface area contributed by atoms with Crippen LogP contribution in [-0.2, 0) is 26.4 Å². The van der Waals surface area contributed by atoms with Gasteiger partial charge in [0.2, 0.25) is 11.8 Å². The summed E-state index contributed by atoms with van der Waals surface area (Å²) in [6.07, 6.45) is 4.09. The Hall–Kier alpha value is -4.13. The van der Waals surface area contributed by atoms with Crippen molar-refractivity contribution in [3.8, 4) is 34.5 Å². The molecule has 0 saturated heterocycles. The van der Waals surface area contributed by atoms with Crippen molar-refractivity contribution in [1.29, 1.82) is 0 Å². The summed E-state index contributed by atoms with van der Waals surface area (Å²) in [6.45, 7) is 0.943. The first-order valence-electron chi connectivity index (χ1n) is 13.3. The Labute approximate surface area is 244 Å². The van der Waals surface area contributed by atoms with E-state index in [0.717, 1.165) is 53.6 Å². The van der Waals surface area contributed by atoms with Gasteiger partial charge in [0.25, 0.3) is 0 Å². The first-order valence-corrected chi connectivity index (χ1v) is 14.7. The summed E-state index contributed by atoms with van der Waals surface area (Å²) in [7, 11) is 3.11. The van der Waals surface area contributed by atoms with Crippen LogP contribution in [0.4, 0.5) is 13.2 Å². The van der Waals surface area contributed by atoms with E-state index in [1.165, 1.54) is 10.9 Å². The number of fused-ring (bicyclic) bond motifs is 1. The van der Waals surface area contributed by atoms with Crippen LogP contribution in [0.25, 0.3) is 33.8 Å². The molecule has 1 aliphatic carbocycles. The van der Waals surface area contributed by atoms with Crippen LogP contribution in [0.1, 0.15) is 35.7 Å². The number of alkyl halides is 3. The van der Waals surface area contributed by atoms with Gasteiger partial charge in [0, 0.05) is 43.2 Å². The molecule has 5 aromatic rings. The number of benzene rings is 1. The molecule has 42 heavy (non-hydrogen) atoms. The highest BCUT2D eigenvalue weighted by molar-refractivity contribution is 7.98. The van der Waals surface area contributed by atoms with E-state index >= 15 is 0 Å². The van der Waals surface area contributed by atoms with Gasteiger partial charge in [0.05, 0.1) is 18.3 Å². The fourth-order valence-corrected chi connectivity index (χ4v) is 5.23. The molecule has 4 aromatic heterocycles. The number of nitrogens with zero attached hydrogens (tertiary/aromatic N) is 7. The van der Waals surface area contributed by atoms with Crippen molar-refractivity contribution in [2.45, 2.75) is 38.1 Å². The van der Waals surface area contributed by atoms with Crippen LogP contribution in [-0.4, -0.2) is 53.2 Å². The predicted molar refractivity (Wildman–Crippen MR) is 153 cm³/mol. The van der Waals surface area contributed by atoms with Gasteiger partial charge < -0.3 is 18.6 Å². The lowest BCUT2D eigenvalue weighted by Gasteiger charge is -2.14. The molecule has 0 spiro atoms. The van der Waals surface area contributed by atoms with E-state index in [0.29, 0.717) is 34.6 Å². The number of hydrogen-bond donors (Lipinski definition) is 0. The van der Waals surface area contributed by atoms with Gasteiger partial charge in [-0.15, -0.1) is 0 Å². The van der Waals surface area contributed by atoms with Crippen molar-refractivity contribution >= 4 is 22.8 Å². The quantitative estimate of drug-likeness (QED) is 0.190. The van der Waals surface area contributed by atoms with Crippen LogP contribution in [0.15, 0.2) is 49.1 Å². The van der Waals surface area contributed by atoms with Crippen molar-refractivity contribution in [1.82, 2.24) is 34.1 Å². The van der Waals surface area contributed by atoms with Gasteiger partial charge in [-0.25, -0.2) is 19.9 Å². The maximum atomic E-state index is 13.1. The summed E-state index contributed by atoms with van der Waals surface area (Å²) >= 11 is 1.74. The molecule has 1 fully saturated rings. The lowest BCUT2D eigenvalue weighted by Crippen LogP contribution is -2.07. The Kier molecular flexibility index (Phi) is 7.52. The molecule has 0 aliphatic heterocycles. The van der Waals surface area contributed by atoms with Crippen molar-refractivity contribution < 1.29 is 22.6 Å². The summed E-state index contributed by atoms with van der Waals surface area (Å²) in [6, 6.07) is 9.03. The Morgan fingerprint density at radius 1 is 1.02 bits per heavy atom. The van der Waals surface area contributed by atoms with Gasteiger partial charge in [0.15, 0.2) is 11.5 Å². The molecule has 4 heterocycles. The number of hydrogen-bond acceptors (Lipinski definition) is 8. The topological polar surface area (TPSA) is 92.8 Å². The van der Waals surface area contributed by atoms with Gasteiger partial charge in [-0.1, -0.05) is 24.3 Å². The normalized spacial score (nSPS) is 13.6. The lowest BCUT2D eigenvalue weighted by atomic mass is 10.1. The molecule has 1 aromatic carbocycles. The van der Waals surface area contributed by atoms with E-state index in [1.54, 1.807) is 38.1 Å². The standard InChI is InChI=1S/C29H28F3N7O2S/c1-38-14-21(29(30,31)32)36-26(38)19-6-4-17(5-7-19)15-41-28-24-20(10-11-39(24)12-13-42-3)35-25(37-28)22-23(18-8-9-18)33-16-34-27(22)40-2/h4-7,10-11,14,16,18H,8-9,12-13,15H2,1-3H3. The van der Waals surface area contributed by atoms with Crippen molar-refractivity contribution in [2.75, 3.05) is 19.1 Å². The monoisotopic (exact) mass is 595 g/mol. The molecule has 13 heteroatoms. The molecule has 6 rings (SSSR count). The summed E-state index contributed by atoms with van der Waals surface area (Å²) in [5, 5.41) is 0. The number of aryl methyl sites for hydroxylation is 2. The fourth-order valence-electron chi connectivity index (χ4n) is 4.85. The number of aromatic nitrogens is 7. The first kappa shape index (κ1) is 28.0. The second kappa shape index (κ2) is 11.3. The zero-order valence-electron chi connectivity index (χ0n) is 23.2. The van der Waals surface area contributed by atoms with E-state index in [2.05, 4.69) is 25.8 Å². The van der Waals surface area contributed by atoms with Crippen LogP contribution >= 0.6 is 11.8 Å². The minimum absolute atomic E-state index is 0.186. The van der Waals surface area contributed by atoms with E-state index in [-0.39, 0.29) is 12.4 Å². The second-order valence-corrected chi connectivity index (χ2v) is 11.0. The Balaban J connectivity index is 1.33. The minimum Gasteiger partial charge on any atom is -0.480 e. The molecule has 1 aliphatic rings.